The minimum absolute atomic E-state index is 0.0102. The van der Waals surface area contributed by atoms with Gasteiger partial charge < -0.3 is 15.2 Å². The van der Waals surface area contributed by atoms with Crippen molar-refractivity contribution in [3.8, 4) is 5.75 Å². The molecule has 0 heterocycles. The van der Waals surface area contributed by atoms with Gasteiger partial charge in [0.25, 0.3) is 0 Å². The van der Waals surface area contributed by atoms with E-state index in [0.717, 1.165) is 29.8 Å². The maximum absolute atomic E-state index is 9.39. The molecule has 0 saturated carbocycles. The largest absolute Gasteiger partial charge is 0.485 e. The Morgan fingerprint density at radius 2 is 1.75 bits per heavy atom. The first-order chi connectivity index (χ1) is 9.85. The summed E-state index contributed by atoms with van der Waals surface area (Å²) in [6, 6.07) is 17.8. The van der Waals surface area contributed by atoms with E-state index in [9.17, 15) is 5.11 Å². The van der Waals surface area contributed by atoms with Crippen LogP contribution < -0.4 is 10.1 Å². The molecule has 3 heteroatoms. The van der Waals surface area contributed by atoms with Crippen LogP contribution >= 0.6 is 0 Å². The molecule has 2 aromatic rings. The fourth-order valence-corrected chi connectivity index (χ4v) is 2.14. The van der Waals surface area contributed by atoms with Gasteiger partial charge in [-0.2, -0.15) is 0 Å². The van der Waals surface area contributed by atoms with Gasteiger partial charge in [-0.3, -0.25) is 0 Å². The highest BCUT2D eigenvalue weighted by Gasteiger charge is 2.14. The highest BCUT2D eigenvalue weighted by Crippen LogP contribution is 2.27. The summed E-state index contributed by atoms with van der Waals surface area (Å²) >= 11 is 0. The van der Waals surface area contributed by atoms with E-state index in [1.54, 1.807) is 0 Å². The lowest BCUT2D eigenvalue weighted by Crippen LogP contribution is -2.16. The van der Waals surface area contributed by atoms with Crippen LogP contribution in [-0.4, -0.2) is 18.7 Å². The van der Waals surface area contributed by atoms with E-state index in [0.29, 0.717) is 0 Å². The molecule has 2 aromatic carbocycles. The van der Waals surface area contributed by atoms with E-state index in [1.807, 2.05) is 49.5 Å². The Bertz CT molecular complexity index is 513. The van der Waals surface area contributed by atoms with Crippen molar-refractivity contribution in [2.75, 3.05) is 13.6 Å². The van der Waals surface area contributed by atoms with Gasteiger partial charge in [0.15, 0.2) is 0 Å². The molecule has 0 aliphatic heterocycles. The van der Waals surface area contributed by atoms with Crippen LogP contribution in [0, 0.1) is 0 Å². The Morgan fingerprint density at radius 3 is 2.45 bits per heavy atom. The van der Waals surface area contributed by atoms with Crippen LogP contribution in [0.3, 0.4) is 0 Å². The van der Waals surface area contributed by atoms with Crippen LogP contribution in [0.2, 0.25) is 0 Å². The number of benzene rings is 2. The molecule has 1 atom stereocenters. The highest BCUT2D eigenvalue weighted by atomic mass is 16.5. The van der Waals surface area contributed by atoms with Crippen molar-refractivity contribution in [2.45, 2.75) is 19.1 Å². The van der Waals surface area contributed by atoms with Gasteiger partial charge in [-0.05, 0) is 25.2 Å². The standard InChI is InChI=1S/C17H21NO2/c1-18-12-11-17(14-7-3-2-4-8-14)20-16-10-6-5-9-15(16)13-19/h2-10,17-19H,11-13H2,1H3/t17-/m1/s1. The number of nitrogens with one attached hydrogen (secondary N) is 1. The second-order valence-electron chi connectivity index (χ2n) is 4.68. The van der Waals surface area contributed by atoms with E-state index in [1.165, 1.54) is 0 Å². The summed E-state index contributed by atoms with van der Waals surface area (Å²) in [7, 11) is 1.93. The minimum atomic E-state index is -0.0173. The molecular formula is C17H21NO2. The Morgan fingerprint density at radius 1 is 1.05 bits per heavy atom. The molecule has 0 aliphatic carbocycles. The normalized spacial score (nSPS) is 12.1. The van der Waals surface area contributed by atoms with Crippen LogP contribution in [0.5, 0.6) is 5.75 Å². The number of para-hydroxylation sites is 1. The van der Waals surface area contributed by atoms with Crippen molar-refractivity contribution in [3.05, 3.63) is 65.7 Å². The van der Waals surface area contributed by atoms with Gasteiger partial charge in [-0.25, -0.2) is 0 Å². The third-order valence-corrected chi connectivity index (χ3v) is 3.24. The van der Waals surface area contributed by atoms with Gasteiger partial charge >= 0.3 is 0 Å². The second kappa shape index (κ2) is 7.68. The number of aliphatic hydroxyl groups is 1. The summed E-state index contributed by atoms with van der Waals surface area (Å²) in [6.45, 7) is 0.866. The zero-order valence-corrected chi connectivity index (χ0v) is 11.8. The maximum Gasteiger partial charge on any atom is 0.125 e. The molecule has 0 unspecified atom stereocenters. The molecule has 0 aliphatic rings. The van der Waals surface area contributed by atoms with E-state index in [4.69, 9.17) is 4.74 Å². The molecule has 0 amide bonds. The van der Waals surface area contributed by atoms with Crippen molar-refractivity contribution in [1.29, 1.82) is 0 Å². The Hall–Kier alpha value is -1.84. The summed E-state index contributed by atoms with van der Waals surface area (Å²) in [5.41, 5.74) is 1.97. The van der Waals surface area contributed by atoms with Crippen molar-refractivity contribution < 1.29 is 9.84 Å². The van der Waals surface area contributed by atoms with E-state index in [-0.39, 0.29) is 12.7 Å². The monoisotopic (exact) mass is 271 g/mol. The minimum Gasteiger partial charge on any atom is -0.485 e. The number of rotatable bonds is 7. The fourth-order valence-electron chi connectivity index (χ4n) is 2.14. The van der Waals surface area contributed by atoms with Gasteiger partial charge in [-0.1, -0.05) is 48.5 Å². The highest BCUT2D eigenvalue weighted by molar-refractivity contribution is 5.33. The first-order valence-electron chi connectivity index (χ1n) is 6.90. The maximum atomic E-state index is 9.39. The zero-order valence-electron chi connectivity index (χ0n) is 11.8. The SMILES string of the molecule is CNCC[C@@H](Oc1ccccc1CO)c1ccccc1. The molecule has 2 N–H and O–H groups in total. The van der Waals surface area contributed by atoms with Crippen molar-refractivity contribution in [2.24, 2.45) is 0 Å². The van der Waals surface area contributed by atoms with Gasteiger partial charge in [0.2, 0.25) is 0 Å². The average Bonchev–Trinajstić information content (AvgIpc) is 2.52. The topological polar surface area (TPSA) is 41.5 Å². The Kier molecular flexibility index (Phi) is 5.59. The predicted molar refractivity (Wildman–Crippen MR) is 80.7 cm³/mol. The molecule has 2 rings (SSSR count). The fraction of sp³-hybridized carbons (Fsp3) is 0.294. The predicted octanol–water partition coefficient (Wildman–Crippen LogP) is 2.91. The first kappa shape index (κ1) is 14.6. The third kappa shape index (κ3) is 3.83. The molecule has 0 saturated heterocycles. The first-order valence-corrected chi connectivity index (χ1v) is 6.90. The smallest absolute Gasteiger partial charge is 0.125 e. The number of ether oxygens (including phenoxy) is 1. The lowest BCUT2D eigenvalue weighted by atomic mass is 10.1. The van der Waals surface area contributed by atoms with Crippen LogP contribution in [0.15, 0.2) is 54.6 Å². The van der Waals surface area contributed by atoms with Crippen LogP contribution in [0.4, 0.5) is 0 Å². The molecule has 0 radical (unpaired) electrons. The summed E-state index contributed by atoms with van der Waals surface area (Å²) in [6.07, 6.45) is 0.858. The van der Waals surface area contributed by atoms with Gasteiger partial charge in [0, 0.05) is 12.0 Å². The Balaban J connectivity index is 2.19. The second-order valence-corrected chi connectivity index (χ2v) is 4.68. The van der Waals surface area contributed by atoms with Crippen LogP contribution in [-0.2, 0) is 6.61 Å². The summed E-state index contributed by atoms with van der Waals surface area (Å²) in [5, 5.41) is 12.5. The van der Waals surface area contributed by atoms with Crippen LogP contribution in [0.25, 0.3) is 0 Å². The summed E-state index contributed by atoms with van der Waals surface area (Å²) in [5.74, 6) is 0.750. The molecule has 0 spiro atoms. The van der Waals surface area contributed by atoms with Crippen molar-refractivity contribution >= 4 is 0 Å². The molecule has 3 nitrogen and oxygen atoms in total. The van der Waals surface area contributed by atoms with E-state index < -0.39 is 0 Å². The number of hydrogen-bond donors (Lipinski definition) is 2. The molecule has 0 aromatic heterocycles. The lowest BCUT2D eigenvalue weighted by Gasteiger charge is -2.21. The quantitative estimate of drug-likeness (QED) is 0.813. The lowest BCUT2D eigenvalue weighted by molar-refractivity contribution is 0.186. The average molecular weight is 271 g/mol. The number of aliphatic hydroxyl groups excluding tert-OH is 1. The Labute approximate surface area is 120 Å². The molecular weight excluding hydrogens is 250 g/mol. The van der Waals surface area contributed by atoms with Gasteiger partial charge in [0.1, 0.15) is 11.9 Å². The molecule has 0 fully saturated rings. The number of hydrogen-bond acceptors (Lipinski definition) is 3. The van der Waals surface area contributed by atoms with Gasteiger partial charge in [-0.15, -0.1) is 0 Å². The van der Waals surface area contributed by atoms with E-state index in [2.05, 4.69) is 17.4 Å². The summed E-state index contributed by atoms with van der Waals surface area (Å²) in [4.78, 5) is 0. The third-order valence-electron chi connectivity index (χ3n) is 3.24. The van der Waals surface area contributed by atoms with Crippen molar-refractivity contribution in [3.63, 3.8) is 0 Å². The summed E-state index contributed by atoms with van der Waals surface area (Å²) < 4.78 is 6.12. The van der Waals surface area contributed by atoms with Gasteiger partial charge in [0.05, 0.1) is 6.61 Å². The van der Waals surface area contributed by atoms with E-state index >= 15 is 0 Å². The van der Waals surface area contributed by atoms with Crippen LogP contribution in [0.1, 0.15) is 23.7 Å². The zero-order chi connectivity index (χ0) is 14.2. The van der Waals surface area contributed by atoms with Crippen molar-refractivity contribution in [1.82, 2.24) is 5.32 Å². The molecule has 106 valence electrons. The molecule has 0 bridgehead atoms. The molecule has 20 heavy (non-hydrogen) atoms.